The molecule has 3 rings (SSSR count). The Balaban J connectivity index is 1.67. The van der Waals surface area contributed by atoms with Crippen molar-refractivity contribution in [2.45, 2.75) is 37.2 Å². The Hall–Kier alpha value is -2.43. The molecule has 2 atom stereocenters. The second kappa shape index (κ2) is 9.15. The molecule has 1 aliphatic heterocycles. The molecule has 1 heterocycles. The molecule has 2 aromatic carbocycles. The van der Waals surface area contributed by atoms with E-state index in [1.807, 2.05) is 18.2 Å². The fourth-order valence-electron chi connectivity index (χ4n) is 3.09. The van der Waals surface area contributed by atoms with Crippen LogP contribution < -0.4 is 20.1 Å². The van der Waals surface area contributed by atoms with Gasteiger partial charge in [0.2, 0.25) is 21.8 Å². The topological polar surface area (TPSA) is 114 Å². The van der Waals surface area contributed by atoms with Gasteiger partial charge in [-0.05, 0) is 49.4 Å². The van der Waals surface area contributed by atoms with Crippen molar-refractivity contribution in [2.75, 3.05) is 11.9 Å². The van der Waals surface area contributed by atoms with Crippen molar-refractivity contribution in [1.82, 2.24) is 10.0 Å². The third-order valence-corrected chi connectivity index (χ3v) is 6.59. The zero-order valence-corrected chi connectivity index (χ0v) is 18.8. The number of hydrogen-bond donors (Lipinski definition) is 3. The van der Waals surface area contributed by atoms with Crippen LogP contribution in [0.25, 0.3) is 0 Å². The van der Waals surface area contributed by atoms with Crippen LogP contribution in [0.1, 0.15) is 31.9 Å². The summed E-state index contributed by atoms with van der Waals surface area (Å²) in [6.07, 6.45) is 0.583. The van der Waals surface area contributed by atoms with Crippen LogP contribution >= 0.6 is 15.9 Å². The fourth-order valence-corrected chi connectivity index (χ4v) is 4.67. The van der Waals surface area contributed by atoms with E-state index in [0.717, 1.165) is 10.0 Å². The average molecular weight is 496 g/mol. The van der Waals surface area contributed by atoms with Gasteiger partial charge >= 0.3 is 0 Å². The standard InChI is InChI=1S/C20H22BrN3O5S/c1-12(24-30(27,28)16-6-4-15(5-7-16)22-13(2)25)20(26)23-18-9-10-29-19-8-3-14(21)11-17(18)19/h3-8,11-12,18,24H,9-10H2,1-2H3,(H,22,25)(H,23,26)/t12-,18?/m0/s1. The highest BCUT2D eigenvalue weighted by Crippen LogP contribution is 2.34. The molecule has 1 unspecified atom stereocenters. The molecule has 2 aromatic rings. The molecule has 0 aliphatic carbocycles. The number of anilines is 1. The SMILES string of the molecule is CC(=O)Nc1ccc(S(=O)(=O)N[C@@H](C)C(=O)NC2CCOc3ccc(Br)cc32)cc1. The van der Waals surface area contributed by atoms with E-state index in [-0.39, 0.29) is 16.8 Å². The molecule has 0 bridgehead atoms. The number of fused-ring (bicyclic) bond motifs is 1. The molecule has 160 valence electrons. The van der Waals surface area contributed by atoms with Gasteiger partial charge in [-0.25, -0.2) is 8.42 Å². The smallest absolute Gasteiger partial charge is 0.241 e. The molecule has 0 spiro atoms. The Labute approximate surface area is 183 Å². The van der Waals surface area contributed by atoms with E-state index < -0.39 is 22.0 Å². The van der Waals surface area contributed by atoms with Crippen LogP contribution in [0.3, 0.4) is 0 Å². The van der Waals surface area contributed by atoms with E-state index in [4.69, 9.17) is 4.74 Å². The van der Waals surface area contributed by atoms with Crippen molar-refractivity contribution in [2.24, 2.45) is 0 Å². The number of rotatable bonds is 6. The second-order valence-electron chi connectivity index (χ2n) is 6.93. The highest BCUT2D eigenvalue weighted by Gasteiger charge is 2.27. The van der Waals surface area contributed by atoms with Gasteiger partial charge in [0.1, 0.15) is 5.75 Å². The first-order valence-electron chi connectivity index (χ1n) is 9.28. The summed E-state index contributed by atoms with van der Waals surface area (Å²) in [5, 5.41) is 5.46. The summed E-state index contributed by atoms with van der Waals surface area (Å²) in [5.74, 6) is 0.00394. The highest BCUT2D eigenvalue weighted by atomic mass is 79.9. The number of ether oxygens (including phenoxy) is 1. The Bertz CT molecular complexity index is 1060. The van der Waals surface area contributed by atoms with Gasteiger partial charge in [0.25, 0.3) is 0 Å². The van der Waals surface area contributed by atoms with E-state index in [1.165, 1.54) is 38.1 Å². The molecule has 0 saturated heterocycles. The van der Waals surface area contributed by atoms with Gasteiger partial charge in [0.15, 0.2) is 0 Å². The molecule has 0 radical (unpaired) electrons. The third-order valence-electron chi connectivity index (χ3n) is 4.54. The van der Waals surface area contributed by atoms with Gasteiger partial charge in [-0.3, -0.25) is 9.59 Å². The van der Waals surface area contributed by atoms with Crippen molar-refractivity contribution < 1.29 is 22.7 Å². The minimum absolute atomic E-state index is 0.00315. The van der Waals surface area contributed by atoms with Crippen molar-refractivity contribution in [1.29, 1.82) is 0 Å². The van der Waals surface area contributed by atoms with Gasteiger partial charge in [-0.1, -0.05) is 15.9 Å². The summed E-state index contributed by atoms with van der Waals surface area (Å²) >= 11 is 3.41. The van der Waals surface area contributed by atoms with Crippen LogP contribution in [-0.4, -0.2) is 32.9 Å². The maximum atomic E-state index is 12.7. The van der Waals surface area contributed by atoms with E-state index >= 15 is 0 Å². The zero-order valence-electron chi connectivity index (χ0n) is 16.4. The molecule has 3 N–H and O–H groups in total. The summed E-state index contributed by atoms with van der Waals surface area (Å²) in [6, 6.07) is 10.0. The molecule has 0 aromatic heterocycles. The van der Waals surface area contributed by atoms with Crippen LogP contribution in [0.15, 0.2) is 51.8 Å². The van der Waals surface area contributed by atoms with E-state index in [2.05, 4.69) is 31.3 Å². The van der Waals surface area contributed by atoms with E-state index in [0.29, 0.717) is 24.5 Å². The normalized spacial score (nSPS) is 16.7. The third kappa shape index (κ3) is 5.38. The Kier molecular flexibility index (Phi) is 6.79. The number of nitrogens with one attached hydrogen (secondary N) is 3. The van der Waals surface area contributed by atoms with Crippen LogP contribution in [0.5, 0.6) is 5.75 Å². The van der Waals surface area contributed by atoms with Gasteiger partial charge in [0.05, 0.1) is 23.6 Å². The molecule has 0 fully saturated rings. The predicted octanol–water partition coefficient (Wildman–Crippen LogP) is 2.71. The van der Waals surface area contributed by atoms with Crippen LogP contribution in [0.4, 0.5) is 5.69 Å². The highest BCUT2D eigenvalue weighted by molar-refractivity contribution is 9.10. The first-order chi connectivity index (χ1) is 14.2. The van der Waals surface area contributed by atoms with E-state index in [9.17, 15) is 18.0 Å². The van der Waals surface area contributed by atoms with Gasteiger partial charge in [0, 0.05) is 29.1 Å². The Morgan fingerprint density at radius 3 is 2.53 bits per heavy atom. The first kappa shape index (κ1) is 22.3. The minimum atomic E-state index is -3.91. The first-order valence-corrected chi connectivity index (χ1v) is 11.6. The Morgan fingerprint density at radius 1 is 1.17 bits per heavy atom. The monoisotopic (exact) mass is 495 g/mol. The van der Waals surface area contributed by atoms with Gasteiger partial charge in [-0.15, -0.1) is 0 Å². The zero-order chi connectivity index (χ0) is 21.9. The van der Waals surface area contributed by atoms with Crippen molar-refractivity contribution in [3.8, 4) is 5.75 Å². The fraction of sp³-hybridized carbons (Fsp3) is 0.300. The largest absolute Gasteiger partial charge is 0.493 e. The summed E-state index contributed by atoms with van der Waals surface area (Å²) < 4.78 is 34.1. The quantitative estimate of drug-likeness (QED) is 0.569. The minimum Gasteiger partial charge on any atom is -0.493 e. The maximum Gasteiger partial charge on any atom is 0.241 e. The summed E-state index contributed by atoms with van der Waals surface area (Å²) in [6.45, 7) is 3.31. The summed E-state index contributed by atoms with van der Waals surface area (Å²) in [5.41, 5.74) is 1.32. The van der Waals surface area contributed by atoms with Crippen molar-refractivity contribution >= 4 is 43.5 Å². The molecule has 2 amide bonds. The lowest BCUT2D eigenvalue weighted by Crippen LogP contribution is -2.46. The molecule has 10 heteroatoms. The van der Waals surface area contributed by atoms with Crippen LogP contribution in [0.2, 0.25) is 0 Å². The number of halogens is 1. The molecule has 8 nitrogen and oxygen atoms in total. The Morgan fingerprint density at radius 2 is 1.87 bits per heavy atom. The molecular weight excluding hydrogens is 474 g/mol. The number of benzene rings is 2. The number of carbonyl (C=O) groups excluding carboxylic acids is 2. The molecular formula is C20H22BrN3O5S. The summed E-state index contributed by atoms with van der Waals surface area (Å²) in [4.78, 5) is 23.7. The maximum absolute atomic E-state index is 12.7. The van der Waals surface area contributed by atoms with Crippen LogP contribution in [-0.2, 0) is 19.6 Å². The lowest BCUT2D eigenvalue weighted by molar-refractivity contribution is -0.123. The molecule has 30 heavy (non-hydrogen) atoms. The van der Waals surface area contributed by atoms with E-state index in [1.54, 1.807) is 0 Å². The second-order valence-corrected chi connectivity index (χ2v) is 9.56. The molecule has 1 aliphatic rings. The number of hydrogen-bond acceptors (Lipinski definition) is 5. The lowest BCUT2D eigenvalue weighted by Gasteiger charge is -2.28. The predicted molar refractivity (Wildman–Crippen MR) is 116 cm³/mol. The van der Waals surface area contributed by atoms with Gasteiger partial charge < -0.3 is 15.4 Å². The number of amides is 2. The molecule has 0 saturated carbocycles. The number of sulfonamides is 1. The lowest BCUT2D eigenvalue weighted by atomic mass is 10.0. The summed E-state index contributed by atoms with van der Waals surface area (Å²) in [7, 11) is -3.91. The van der Waals surface area contributed by atoms with Gasteiger partial charge in [-0.2, -0.15) is 4.72 Å². The van der Waals surface area contributed by atoms with Crippen molar-refractivity contribution in [3.05, 3.63) is 52.5 Å². The average Bonchev–Trinajstić information content (AvgIpc) is 2.68. The number of carbonyl (C=O) groups is 2. The van der Waals surface area contributed by atoms with Crippen LogP contribution in [0, 0.1) is 0 Å². The van der Waals surface area contributed by atoms with Crippen molar-refractivity contribution in [3.63, 3.8) is 0 Å².